The molecule has 1 aliphatic rings. The van der Waals surface area contributed by atoms with Crippen molar-refractivity contribution in [2.45, 2.75) is 38.6 Å². The monoisotopic (exact) mass is 534 g/mol. The van der Waals surface area contributed by atoms with Crippen LogP contribution < -0.4 is 5.32 Å². The molecule has 3 rings (SSSR count). The zero-order chi connectivity index (χ0) is 26.9. The number of carboxylic acids is 1. The number of β-amino-alcohol motifs (C(OH)–C–C–N with tert-alkyl or cyclic N) is 1. The van der Waals surface area contributed by atoms with Gasteiger partial charge >= 0.3 is 18.2 Å². The summed E-state index contributed by atoms with van der Waals surface area (Å²) < 4.78 is 44.8. The number of likely N-dealkylation sites (tertiary alicyclic amines) is 1. The molecule has 200 valence electrons. The van der Waals surface area contributed by atoms with Crippen molar-refractivity contribution in [2.75, 3.05) is 33.2 Å². The molecule has 2 aromatic rings. The van der Waals surface area contributed by atoms with Crippen LogP contribution in [0.5, 0.6) is 0 Å². The summed E-state index contributed by atoms with van der Waals surface area (Å²) in [4.78, 5) is 30.4. The molecule has 1 saturated heterocycles. The van der Waals surface area contributed by atoms with E-state index in [-0.39, 0.29) is 11.8 Å². The molecule has 0 radical (unpaired) electrons. The van der Waals surface area contributed by atoms with Gasteiger partial charge in [-0.1, -0.05) is 12.1 Å². The highest BCUT2D eigenvalue weighted by molar-refractivity contribution is 7.11. The Hall–Kier alpha value is -2.77. The number of thiazole rings is 1. The summed E-state index contributed by atoms with van der Waals surface area (Å²) in [5.41, 5.74) is 0.737. The number of carbonyl (C=O) groups is 2. The van der Waals surface area contributed by atoms with Crippen molar-refractivity contribution in [1.82, 2.24) is 20.1 Å². The predicted octanol–water partition coefficient (Wildman–Crippen LogP) is 3.81. The molecule has 0 bridgehead atoms. The summed E-state index contributed by atoms with van der Waals surface area (Å²) in [6.45, 7) is 5.50. The van der Waals surface area contributed by atoms with E-state index in [0.717, 1.165) is 47.9 Å². The standard InChI is InChI=1S/C21H29FN4O2S.C2HF3O2/c1-15-23-11-19(29-15)12-24-21(28)25(2)13-16-7-9-26(10-8-16)14-20(27)17-3-5-18(22)6-4-17;3-2(4,5)1(6)7/h3-6,11,16,20,27H,7-10,12-14H2,1-2H3,(H,24,28);(H,6,7). The van der Waals surface area contributed by atoms with Crippen LogP contribution in [0, 0.1) is 18.7 Å². The lowest BCUT2D eigenvalue weighted by Crippen LogP contribution is -2.43. The Morgan fingerprint density at radius 3 is 2.33 bits per heavy atom. The Balaban J connectivity index is 0.000000572. The number of aliphatic hydroxyl groups is 1. The third kappa shape index (κ3) is 10.1. The molecule has 1 unspecified atom stereocenters. The number of nitrogens with zero attached hydrogens (tertiary/aromatic N) is 3. The van der Waals surface area contributed by atoms with Crippen molar-refractivity contribution in [3.05, 3.63) is 51.7 Å². The minimum absolute atomic E-state index is 0.0646. The lowest BCUT2D eigenvalue weighted by Gasteiger charge is -2.34. The lowest BCUT2D eigenvalue weighted by molar-refractivity contribution is -0.192. The van der Waals surface area contributed by atoms with E-state index < -0.39 is 18.2 Å². The molecule has 1 aliphatic heterocycles. The fraction of sp³-hybridized carbons (Fsp3) is 0.522. The van der Waals surface area contributed by atoms with Gasteiger partial charge in [-0.05, 0) is 56.5 Å². The van der Waals surface area contributed by atoms with Gasteiger partial charge in [0, 0.05) is 31.2 Å². The van der Waals surface area contributed by atoms with Gasteiger partial charge < -0.3 is 25.3 Å². The number of hydrogen-bond acceptors (Lipinski definition) is 6. The molecule has 8 nitrogen and oxygen atoms in total. The number of halogens is 4. The molecule has 13 heteroatoms. The first kappa shape index (κ1) is 29.5. The smallest absolute Gasteiger partial charge is 0.475 e. The van der Waals surface area contributed by atoms with Crippen LogP contribution in [-0.4, -0.2) is 76.4 Å². The first-order valence-electron chi connectivity index (χ1n) is 11.2. The molecule has 0 saturated carbocycles. The highest BCUT2D eigenvalue weighted by Gasteiger charge is 2.38. The van der Waals surface area contributed by atoms with Crippen molar-refractivity contribution in [2.24, 2.45) is 5.92 Å². The zero-order valence-electron chi connectivity index (χ0n) is 20.0. The third-order valence-electron chi connectivity index (χ3n) is 5.60. The molecule has 2 amide bonds. The van der Waals surface area contributed by atoms with Crippen molar-refractivity contribution < 1.29 is 37.4 Å². The number of aryl methyl sites for hydroxylation is 1. The van der Waals surface area contributed by atoms with E-state index in [1.165, 1.54) is 12.1 Å². The van der Waals surface area contributed by atoms with Gasteiger partial charge in [-0.2, -0.15) is 13.2 Å². The molecular weight excluding hydrogens is 504 g/mol. The van der Waals surface area contributed by atoms with Gasteiger partial charge in [0.25, 0.3) is 0 Å². The Labute approximate surface area is 210 Å². The van der Waals surface area contributed by atoms with Crippen LogP contribution in [0.2, 0.25) is 0 Å². The molecule has 1 fully saturated rings. The zero-order valence-corrected chi connectivity index (χ0v) is 20.8. The second-order valence-corrected chi connectivity index (χ2v) is 9.82. The van der Waals surface area contributed by atoms with Crippen LogP contribution in [0.4, 0.5) is 22.4 Å². The maximum atomic E-state index is 13.0. The van der Waals surface area contributed by atoms with Gasteiger partial charge in [-0.15, -0.1) is 11.3 Å². The van der Waals surface area contributed by atoms with Crippen LogP contribution in [0.3, 0.4) is 0 Å². The van der Waals surface area contributed by atoms with Gasteiger partial charge in [0.15, 0.2) is 0 Å². The number of hydrogen-bond donors (Lipinski definition) is 3. The van der Waals surface area contributed by atoms with Crippen LogP contribution >= 0.6 is 11.3 Å². The van der Waals surface area contributed by atoms with Crippen LogP contribution in [0.25, 0.3) is 0 Å². The number of nitrogens with one attached hydrogen (secondary N) is 1. The van der Waals surface area contributed by atoms with Gasteiger partial charge in [-0.25, -0.2) is 19.0 Å². The van der Waals surface area contributed by atoms with Gasteiger partial charge in [-0.3, -0.25) is 0 Å². The molecular formula is C23H30F4N4O4S. The Kier molecular flexibility index (Phi) is 11.1. The van der Waals surface area contributed by atoms with Gasteiger partial charge in [0.2, 0.25) is 0 Å². The molecule has 0 spiro atoms. The number of piperidine rings is 1. The fourth-order valence-electron chi connectivity index (χ4n) is 3.64. The number of rotatable bonds is 7. The van der Waals surface area contributed by atoms with E-state index in [9.17, 15) is 27.5 Å². The summed E-state index contributed by atoms with van der Waals surface area (Å²) in [6.07, 6.45) is -1.92. The molecule has 36 heavy (non-hydrogen) atoms. The van der Waals surface area contributed by atoms with Crippen LogP contribution in [0.1, 0.15) is 34.4 Å². The number of carbonyl (C=O) groups excluding carboxylic acids is 1. The molecule has 1 atom stereocenters. The van der Waals surface area contributed by atoms with E-state index in [1.807, 2.05) is 14.0 Å². The summed E-state index contributed by atoms with van der Waals surface area (Å²) in [6, 6.07) is 5.95. The second kappa shape index (κ2) is 13.5. The average Bonchev–Trinajstić information content (AvgIpc) is 3.24. The number of aliphatic carboxylic acids is 1. The van der Waals surface area contributed by atoms with E-state index in [1.54, 1.807) is 34.6 Å². The van der Waals surface area contributed by atoms with E-state index in [0.29, 0.717) is 19.0 Å². The number of urea groups is 1. The predicted molar refractivity (Wildman–Crippen MR) is 126 cm³/mol. The summed E-state index contributed by atoms with van der Waals surface area (Å²) in [5, 5.41) is 21.4. The molecule has 3 N–H and O–H groups in total. The van der Waals surface area contributed by atoms with E-state index in [2.05, 4.69) is 15.2 Å². The third-order valence-corrected chi connectivity index (χ3v) is 6.51. The molecule has 1 aromatic heterocycles. The van der Waals surface area contributed by atoms with E-state index >= 15 is 0 Å². The van der Waals surface area contributed by atoms with Crippen molar-refractivity contribution in [3.8, 4) is 0 Å². The van der Waals surface area contributed by atoms with Crippen LogP contribution in [-0.2, 0) is 11.3 Å². The minimum atomic E-state index is -5.08. The number of aliphatic hydroxyl groups excluding tert-OH is 1. The highest BCUT2D eigenvalue weighted by atomic mass is 32.1. The van der Waals surface area contributed by atoms with Crippen molar-refractivity contribution >= 4 is 23.3 Å². The maximum Gasteiger partial charge on any atom is 0.490 e. The number of amides is 2. The van der Waals surface area contributed by atoms with E-state index in [4.69, 9.17) is 9.90 Å². The van der Waals surface area contributed by atoms with Crippen molar-refractivity contribution in [3.63, 3.8) is 0 Å². The quantitative estimate of drug-likeness (QED) is 0.467. The second-order valence-electron chi connectivity index (χ2n) is 8.50. The SMILES string of the molecule is Cc1ncc(CNC(=O)N(C)CC2CCN(CC(O)c3ccc(F)cc3)CC2)s1.O=C(O)C(F)(F)F. The highest BCUT2D eigenvalue weighted by Crippen LogP contribution is 2.22. The Morgan fingerprint density at radius 1 is 1.25 bits per heavy atom. The fourth-order valence-corrected chi connectivity index (χ4v) is 4.38. The van der Waals surface area contributed by atoms with Gasteiger partial charge in [0.1, 0.15) is 5.82 Å². The summed E-state index contributed by atoms with van der Waals surface area (Å²) in [7, 11) is 1.83. The summed E-state index contributed by atoms with van der Waals surface area (Å²) in [5.74, 6) is -2.60. The maximum absolute atomic E-state index is 13.0. The number of carboxylic acid groups (broad SMARTS) is 1. The Bertz CT molecular complexity index is 979. The molecule has 2 heterocycles. The molecule has 0 aliphatic carbocycles. The van der Waals surface area contributed by atoms with Crippen molar-refractivity contribution in [1.29, 1.82) is 0 Å². The first-order valence-corrected chi connectivity index (χ1v) is 12.0. The van der Waals surface area contributed by atoms with Gasteiger partial charge in [0.05, 0.1) is 17.7 Å². The topological polar surface area (TPSA) is 106 Å². The number of benzene rings is 1. The normalized spacial score (nSPS) is 15.5. The number of aromatic nitrogens is 1. The number of alkyl halides is 3. The Morgan fingerprint density at radius 2 is 1.83 bits per heavy atom. The summed E-state index contributed by atoms with van der Waals surface area (Å²) >= 11 is 1.59. The largest absolute Gasteiger partial charge is 0.490 e. The molecule has 1 aromatic carbocycles. The average molecular weight is 535 g/mol. The first-order chi connectivity index (χ1) is 16.8. The minimum Gasteiger partial charge on any atom is -0.475 e. The van der Waals surface area contributed by atoms with Crippen LogP contribution in [0.15, 0.2) is 30.5 Å². The lowest BCUT2D eigenvalue weighted by atomic mass is 9.95.